The number of nitrogens with zero attached hydrogens (tertiary/aromatic N) is 1. The van der Waals surface area contributed by atoms with Crippen LogP contribution in [-0.4, -0.2) is 54.1 Å². The van der Waals surface area contributed by atoms with Crippen molar-refractivity contribution in [2.45, 2.75) is 39.5 Å². The average molecular weight is 299 g/mol. The molecular formula is C14H25N3O4. The Balaban J connectivity index is 2.20. The number of hydrogen-bond donors (Lipinski definition) is 3. The van der Waals surface area contributed by atoms with Gasteiger partial charge in [0.05, 0.1) is 6.42 Å². The lowest BCUT2D eigenvalue weighted by molar-refractivity contribution is -0.139. The molecule has 1 heterocycles. The lowest BCUT2D eigenvalue weighted by Gasteiger charge is -2.21. The van der Waals surface area contributed by atoms with Crippen molar-refractivity contribution in [1.29, 1.82) is 0 Å². The Kier molecular flexibility index (Phi) is 6.61. The van der Waals surface area contributed by atoms with Crippen molar-refractivity contribution in [2.24, 2.45) is 5.41 Å². The maximum atomic E-state index is 11.7. The van der Waals surface area contributed by atoms with Gasteiger partial charge in [0.15, 0.2) is 0 Å². The molecule has 1 aliphatic rings. The summed E-state index contributed by atoms with van der Waals surface area (Å²) in [5, 5.41) is 13.6. The van der Waals surface area contributed by atoms with Gasteiger partial charge in [-0.1, -0.05) is 13.8 Å². The molecule has 0 aliphatic carbocycles. The van der Waals surface area contributed by atoms with E-state index in [0.717, 1.165) is 19.6 Å². The quantitative estimate of drug-likeness (QED) is 0.646. The van der Waals surface area contributed by atoms with Crippen molar-refractivity contribution in [1.82, 2.24) is 15.5 Å². The van der Waals surface area contributed by atoms with Crippen LogP contribution in [-0.2, 0) is 9.59 Å². The van der Waals surface area contributed by atoms with E-state index in [-0.39, 0.29) is 12.8 Å². The fourth-order valence-corrected chi connectivity index (χ4v) is 2.46. The van der Waals surface area contributed by atoms with Crippen molar-refractivity contribution >= 4 is 17.9 Å². The number of hydrogen-bond acceptors (Lipinski definition) is 4. The first kappa shape index (κ1) is 17.4. The van der Waals surface area contributed by atoms with Crippen molar-refractivity contribution in [3.05, 3.63) is 0 Å². The van der Waals surface area contributed by atoms with Crippen LogP contribution in [0.15, 0.2) is 0 Å². The van der Waals surface area contributed by atoms with Crippen molar-refractivity contribution in [3.63, 3.8) is 0 Å². The van der Waals surface area contributed by atoms with Gasteiger partial charge in [-0.15, -0.1) is 0 Å². The molecule has 21 heavy (non-hydrogen) atoms. The standard InChI is InChI=1S/C14H25N3O4/c1-14(2,10-12(19)20)9-11(18)16-13(21)15-5-8-17-6-3-4-7-17/h3-10H2,1-2H3,(H,19,20)(H2,15,16,18,21). The minimum absolute atomic E-state index is 0.00115. The molecule has 0 bridgehead atoms. The minimum Gasteiger partial charge on any atom is -0.481 e. The number of rotatable bonds is 7. The molecule has 0 aromatic carbocycles. The molecule has 3 N–H and O–H groups in total. The zero-order valence-corrected chi connectivity index (χ0v) is 12.8. The highest BCUT2D eigenvalue weighted by molar-refractivity contribution is 5.94. The Morgan fingerprint density at radius 2 is 1.76 bits per heavy atom. The predicted octanol–water partition coefficient (Wildman–Crippen LogP) is 0.799. The predicted molar refractivity (Wildman–Crippen MR) is 77.9 cm³/mol. The normalized spacial score (nSPS) is 15.7. The summed E-state index contributed by atoms with van der Waals surface area (Å²) in [6, 6.07) is -0.523. The van der Waals surface area contributed by atoms with E-state index in [0.29, 0.717) is 6.54 Å². The third kappa shape index (κ3) is 7.65. The highest BCUT2D eigenvalue weighted by Gasteiger charge is 2.25. The number of aliphatic carboxylic acids is 1. The Labute approximate surface area is 125 Å². The highest BCUT2D eigenvalue weighted by atomic mass is 16.4. The van der Waals surface area contributed by atoms with Gasteiger partial charge in [0.2, 0.25) is 5.91 Å². The fourth-order valence-electron chi connectivity index (χ4n) is 2.46. The van der Waals surface area contributed by atoms with E-state index < -0.39 is 23.3 Å². The van der Waals surface area contributed by atoms with E-state index in [1.807, 2.05) is 0 Å². The molecule has 0 spiro atoms. The third-order valence-electron chi connectivity index (χ3n) is 3.43. The van der Waals surface area contributed by atoms with Crippen LogP contribution in [0.2, 0.25) is 0 Å². The Morgan fingerprint density at radius 1 is 1.14 bits per heavy atom. The van der Waals surface area contributed by atoms with Crippen molar-refractivity contribution in [3.8, 4) is 0 Å². The second-order valence-corrected chi connectivity index (χ2v) is 6.26. The molecule has 0 saturated carbocycles. The number of amides is 3. The molecule has 0 aromatic heterocycles. The second kappa shape index (κ2) is 7.97. The number of nitrogens with one attached hydrogen (secondary N) is 2. The van der Waals surface area contributed by atoms with Crippen LogP contribution < -0.4 is 10.6 Å². The van der Waals surface area contributed by atoms with Gasteiger partial charge in [-0.25, -0.2) is 4.79 Å². The minimum atomic E-state index is -0.956. The van der Waals surface area contributed by atoms with E-state index in [4.69, 9.17) is 5.11 Å². The number of likely N-dealkylation sites (tertiary alicyclic amines) is 1. The molecule has 1 aliphatic heterocycles. The van der Waals surface area contributed by atoms with Crippen molar-refractivity contribution in [2.75, 3.05) is 26.2 Å². The summed E-state index contributed by atoms with van der Waals surface area (Å²) in [5.41, 5.74) is -0.675. The summed E-state index contributed by atoms with van der Waals surface area (Å²) < 4.78 is 0. The SMILES string of the molecule is CC(C)(CC(=O)O)CC(=O)NC(=O)NCCN1CCCC1. The smallest absolute Gasteiger partial charge is 0.321 e. The molecule has 0 radical (unpaired) electrons. The molecule has 0 aromatic rings. The van der Waals surface area contributed by atoms with Gasteiger partial charge in [-0.2, -0.15) is 0 Å². The molecule has 0 unspecified atom stereocenters. The first-order valence-corrected chi connectivity index (χ1v) is 7.30. The van der Waals surface area contributed by atoms with Crippen LogP contribution >= 0.6 is 0 Å². The van der Waals surface area contributed by atoms with E-state index in [1.54, 1.807) is 13.8 Å². The highest BCUT2D eigenvalue weighted by Crippen LogP contribution is 2.24. The van der Waals surface area contributed by atoms with Gasteiger partial charge in [0, 0.05) is 19.5 Å². The summed E-state index contributed by atoms with van der Waals surface area (Å²) >= 11 is 0. The Bertz CT molecular complexity index is 390. The molecule has 1 fully saturated rings. The van der Waals surface area contributed by atoms with Gasteiger partial charge in [-0.05, 0) is 31.3 Å². The summed E-state index contributed by atoms with van der Waals surface area (Å²) in [5.74, 6) is -1.41. The van der Waals surface area contributed by atoms with E-state index in [9.17, 15) is 14.4 Å². The molecule has 7 nitrogen and oxygen atoms in total. The maximum absolute atomic E-state index is 11.7. The Hall–Kier alpha value is -1.63. The van der Waals surface area contributed by atoms with Gasteiger partial charge < -0.3 is 15.3 Å². The molecule has 1 saturated heterocycles. The lowest BCUT2D eigenvalue weighted by Crippen LogP contribution is -2.43. The second-order valence-electron chi connectivity index (χ2n) is 6.26. The molecule has 7 heteroatoms. The van der Waals surface area contributed by atoms with E-state index in [1.165, 1.54) is 12.8 Å². The number of imide groups is 1. The lowest BCUT2D eigenvalue weighted by atomic mass is 9.85. The first-order chi connectivity index (χ1) is 9.78. The van der Waals surface area contributed by atoms with Crippen LogP contribution in [0.4, 0.5) is 4.79 Å². The monoisotopic (exact) mass is 299 g/mol. The summed E-state index contributed by atoms with van der Waals surface area (Å²) in [4.78, 5) is 36.2. The summed E-state index contributed by atoms with van der Waals surface area (Å²) in [7, 11) is 0. The number of urea groups is 1. The molecule has 3 amide bonds. The van der Waals surface area contributed by atoms with Gasteiger partial charge >= 0.3 is 12.0 Å². The Morgan fingerprint density at radius 3 is 2.33 bits per heavy atom. The topological polar surface area (TPSA) is 98.7 Å². The zero-order chi connectivity index (χ0) is 15.9. The van der Waals surface area contributed by atoms with Gasteiger partial charge in [-0.3, -0.25) is 14.9 Å². The summed E-state index contributed by atoms with van der Waals surface area (Å²) in [6.45, 7) is 6.78. The fraction of sp³-hybridized carbons (Fsp3) is 0.786. The van der Waals surface area contributed by atoms with Crippen LogP contribution in [0, 0.1) is 5.41 Å². The van der Waals surface area contributed by atoms with Crippen LogP contribution in [0.25, 0.3) is 0 Å². The molecular weight excluding hydrogens is 274 g/mol. The maximum Gasteiger partial charge on any atom is 0.321 e. The number of carboxylic acid groups (broad SMARTS) is 1. The largest absolute Gasteiger partial charge is 0.481 e. The van der Waals surface area contributed by atoms with E-state index >= 15 is 0 Å². The average Bonchev–Trinajstić information content (AvgIpc) is 2.78. The summed E-state index contributed by atoms with van der Waals surface area (Å²) in [6.07, 6.45) is 2.28. The van der Waals surface area contributed by atoms with Crippen LogP contribution in [0.1, 0.15) is 39.5 Å². The number of carbonyl (C=O) groups is 3. The van der Waals surface area contributed by atoms with Crippen LogP contribution in [0.3, 0.4) is 0 Å². The first-order valence-electron chi connectivity index (χ1n) is 7.30. The van der Waals surface area contributed by atoms with Gasteiger partial charge in [0.25, 0.3) is 0 Å². The zero-order valence-electron chi connectivity index (χ0n) is 12.8. The van der Waals surface area contributed by atoms with Gasteiger partial charge in [0.1, 0.15) is 0 Å². The molecule has 0 atom stereocenters. The molecule has 120 valence electrons. The number of carbonyl (C=O) groups excluding carboxylic acids is 2. The molecule has 1 rings (SSSR count). The third-order valence-corrected chi connectivity index (χ3v) is 3.43. The van der Waals surface area contributed by atoms with E-state index in [2.05, 4.69) is 15.5 Å². The number of carboxylic acids is 1. The van der Waals surface area contributed by atoms with Crippen LogP contribution in [0.5, 0.6) is 0 Å². The van der Waals surface area contributed by atoms with Crippen molar-refractivity contribution < 1.29 is 19.5 Å².